The quantitative estimate of drug-likeness (QED) is 0.167. The largest absolute Gasteiger partial charge is 0.496 e. The number of aromatic nitrogens is 1. The molecule has 1 aromatic heterocycles. The van der Waals surface area contributed by atoms with Gasteiger partial charge in [0.2, 0.25) is 5.91 Å². The minimum atomic E-state index is -0.581. The first-order valence-corrected chi connectivity index (χ1v) is 12.2. The first kappa shape index (κ1) is 24.5. The number of amides is 2. The summed E-state index contributed by atoms with van der Waals surface area (Å²) in [5.74, 6) is -0.325. The van der Waals surface area contributed by atoms with Crippen molar-refractivity contribution in [1.29, 1.82) is 0 Å². The molecule has 12 heteroatoms. The van der Waals surface area contributed by atoms with Crippen molar-refractivity contribution in [2.75, 3.05) is 23.5 Å². The van der Waals surface area contributed by atoms with Crippen LogP contribution in [0.4, 0.5) is 17.1 Å². The van der Waals surface area contributed by atoms with E-state index in [0.717, 1.165) is 10.2 Å². The number of nitrogens with one attached hydrogen (secondary N) is 2. The van der Waals surface area contributed by atoms with Crippen molar-refractivity contribution < 1.29 is 19.2 Å². The number of carbonyl (C=O) groups excluding carboxylic acids is 2. The second-order valence-electron chi connectivity index (χ2n) is 7.10. The Bertz CT molecular complexity index is 1430. The van der Waals surface area contributed by atoms with Gasteiger partial charge in [0, 0.05) is 16.3 Å². The van der Waals surface area contributed by atoms with Crippen LogP contribution in [0.5, 0.6) is 5.75 Å². The number of nitro groups is 1. The van der Waals surface area contributed by atoms with Gasteiger partial charge < -0.3 is 15.4 Å². The van der Waals surface area contributed by atoms with Crippen LogP contribution in [0.3, 0.4) is 0 Å². The lowest BCUT2D eigenvalue weighted by Crippen LogP contribution is -2.15. The van der Waals surface area contributed by atoms with Crippen LogP contribution in [0.1, 0.15) is 10.4 Å². The maximum atomic E-state index is 12.4. The van der Waals surface area contributed by atoms with E-state index in [9.17, 15) is 19.7 Å². The molecular weight excluding hydrogens is 512 g/mol. The molecule has 0 aliphatic rings. The van der Waals surface area contributed by atoms with Crippen molar-refractivity contribution >= 4 is 73.8 Å². The van der Waals surface area contributed by atoms with Gasteiger partial charge in [0.25, 0.3) is 11.6 Å². The molecule has 4 aromatic rings. The van der Waals surface area contributed by atoms with Gasteiger partial charge in [0.15, 0.2) is 4.34 Å². The highest BCUT2D eigenvalue weighted by Crippen LogP contribution is 2.32. The molecule has 9 nitrogen and oxygen atoms in total. The molecule has 35 heavy (non-hydrogen) atoms. The van der Waals surface area contributed by atoms with Crippen LogP contribution in [0, 0.1) is 10.1 Å². The fraction of sp³-hybridized carbons (Fsp3) is 0.0870. The number of halogens is 1. The van der Waals surface area contributed by atoms with Crippen molar-refractivity contribution in [3.8, 4) is 5.75 Å². The number of methoxy groups -OCH3 is 1. The van der Waals surface area contributed by atoms with Gasteiger partial charge in [-0.2, -0.15) is 0 Å². The van der Waals surface area contributed by atoms with Gasteiger partial charge in [-0.15, -0.1) is 11.3 Å². The molecular formula is C23H17ClN4O5S2. The molecule has 0 radical (unpaired) electrons. The lowest BCUT2D eigenvalue weighted by molar-refractivity contribution is -0.384. The number of rotatable bonds is 8. The summed E-state index contributed by atoms with van der Waals surface area (Å²) in [4.78, 5) is 40.0. The Hall–Kier alpha value is -3.67. The van der Waals surface area contributed by atoms with Crippen LogP contribution in [0.15, 0.2) is 65.0 Å². The normalized spacial score (nSPS) is 10.7. The Balaban J connectivity index is 1.39. The zero-order chi connectivity index (χ0) is 24.9. The zero-order valence-electron chi connectivity index (χ0n) is 18.1. The number of thiazole rings is 1. The average molecular weight is 529 g/mol. The van der Waals surface area contributed by atoms with E-state index in [1.165, 1.54) is 48.4 Å². The fourth-order valence-electron chi connectivity index (χ4n) is 3.06. The van der Waals surface area contributed by atoms with Crippen molar-refractivity contribution in [2.45, 2.75) is 4.34 Å². The summed E-state index contributed by atoms with van der Waals surface area (Å²) < 4.78 is 6.49. The molecule has 3 aromatic carbocycles. The highest BCUT2D eigenvalue weighted by atomic mass is 35.5. The maximum Gasteiger partial charge on any atom is 0.296 e. The van der Waals surface area contributed by atoms with E-state index < -0.39 is 10.8 Å². The van der Waals surface area contributed by atoms with Gasteiger partial charge >= 0.3 is 0 Å². The minimum absolute atomic E-state index is 0.0170. The lowest BCUT2D eigenvalue weighted by atomic mass is 10.2. The molecule has 0 saturated heterocycles. The third-order valence-corrected chi connectivity index (χ3v) is 7.15. The molecule has 4 rings (SSSR count). The van der Waals surface area contributed by atoms with Gasteiger partial charge in [0.05, 0.1) is 34.1 Å². The number of ether oxygens (including phenoxy) is 1. The number of benzene rings is 3. The van der Waals surface area contributed by atoms with E-state index in [0.29, 0.717) is 26.4 Å². The van der Waals surface area contributed by atoms with Crippen LogP contribution in [-0.4, -0.2) is 34.6 Å². The van der Waals surface area contributed by atoms with Crippen LogP contribution in [0.25, 0.3) is 10.2 Å². The predicted molar refractivity (Wildman–Crippen MR) is 138 cm³/mol. The Morgan fingerprint density at radius 2 is 1.89 bits per heavy atom. The van der Waals surface area contributed by atoms with Crippen molar-refractivity contribution in [2.24, 2.45) is 0 Å². The number of thioether (sulfide) groups is 1. The van der Waals surface area contributed by atoms with Crippen LogP contribution < -0.4 is 15.4 Å². The molecule has 178 valence electrons. The topological polar surface area (TPSA) is 123 Å². The predicted octanol–water partition coefficient (Wildman–Crippen LogP) is 5.85. The molecule has 0 atom stereocenters. The van der Waals surface area contributed by atoms with Gasteiger partial charge in [-0.25, -0.2) is 4.98 Å². The van der Waals surface area contributed by atoms with E-state index in [2.05, 4.69) is 15.6 Å². The van der Waals surface area contributed by atoms with Crippen molar-refractivity contribution in [1.82, 2.24) is 4.98 Å². The molecule has 0 spiro atoms. The van der Waals surface area contributed by atoms with Gasteiger partial charge in [-0.1, -0.05) is 23.4 Å². The monoisotopic (exact) mass is 528 g/mol. The van der Waals surface area contributed by atoms with Gasteiger partial charge in [0.1, 0.15) is 11.4 Å². The summed E-state index contributed by atoms with van der Waals surface area (Å²) in [6, 6.07) is 16.1. The third kappa shape index (κ3) is 6.07. The van der Waals surface area contributed by atoms with Gasteiger partial charge in [-0.05, 0) is 54.6 Å². The summed E-state index contributed by atoms with van der Waals surface area (Å²) in [6.45, 7) is 0. The van der Waals surface area contributed by atoms with Crippen molar-refractivity contribution in [3.63, 3.8) is 0 Å². The summed E-state index contributed by atoms with van der Waals surface area (Å²) in [5.41, 5.74) is 1.66. The fourth-order valence-corrected chi connectivity index (χ4v) is 5.09. The Morgan fingerprint density at radius 1 is 1.11 bits per heavy atom. The molecule has 0 bridgehead atoms. The number of nitrogens with zero attached hydrogens (tertiary/aromatic N) is 2. The smallest absolute Gasteiger partial charge is 0.296 e. The highest BCUT2D eigenvalue weighted by Gasteiger charge is 2.18. The number of nitro benzene ring substituents is 1. The zero-order valence-corrected chi connectivity index (χ0v) is 20.5. The van der Waals surface area contributed by atoms with Crippen LogP contribution >= 0.6 is 34.7 Å². The number of anilines is 2. The van der Waals surface area contributed by atoms with E-state index in [1.54, 1.807) is 36.4 Å². The molecule has 2 N–H and O–H groups in total. The molecule has 0 aliphatic heterocycles. The molecule has 1 heterocycles. The van der Waals surface area contributed by atoms with Crippen molar-refractivity contribution in [3.05, 3.63) is 81.4 Å². The lowest BCUT2D eigenvalue weighted by Gasteiger charge is -2.07. The molecule has 0 fully saturated rings. The Labute approximate surface area is 212 Å². The maximum absolute atomic E-state index is 12.4. The van der Waals surface area contributed by atoms with Gasteiger partial charge in [-0.3, -0.25) is 19.7 Å². The van der Waals surface area contributed by atoms with E-state index in [1.807, 2.05) is 6.07 Å². The summed E-state index contributed by atoms with van der Waals surface area (Å²) in [7, 11) is 1.41. The number of hydrogen-bond acceptors (Lipinski definition) is 8. The minimum Gasteiger partial charge on any atom is -0.496 e. The first-order valence-electron chi connectivity index (χ1n) is 10.0. The van der Waals surface area contributed by atoms with E-state index in [4.69, 9.17) is 16.3 Å². The second kappa shape index (κ2) is 10.7. The average Bonchev–Trinajstić information content (AvgIpc) is 3.25. The Kier molecular flexibility index (Phi) is 7.49. The summed E-state index contributed by atoms with van der Waals surface area (Å²) in [5, 5.41) is 17.2. The first-order chi connectivity index (χ1) is 16.8. The number of hydrogen-bond donors (Lipinski definition) is 2. The van der Waals surface area contributed by atoms with E-state index in [-0.39, 0.29) is 23.0 Å². The second-order valence-corrected chi connectivity index (χ2v) is 9.79. The number of carbonyl (C=O) groups is 2. The molecule has 0 aliphatic carbocycles. The number of fused-ring (bicyclic) bond motifs is 1. The van der Waals surface area contributed by atoms with Crippen LogP contribution in [-0.2, 0) is 4.79 Å². The summed E-state index contributed by atoms with van der Waals surface area (Å²) in [6.07, 6.45) is 0. The molecule has 2 amide bonds. The molecule has 0 saturated carbocycles. The highest BCUT2D eigenvalue weighted by molar-refractivity contribution is 8.01. The Morgan fingerprint density at radius 3 is 2.60 bits per heavy atom. The SMILES string of the molecule is COc1ccc(NC(=O)CSc2nc3ccc(NC(=O)c4ccc(Cl)cc4)cc3s2)c([N+](=O)[O-])c1. The molecule has 0 unspecified atom stereocenters. The van der Waals surface area contributed by atoms with E-state index >= 15 is 0 Å². The van der Waals surface area contributed by atoms with Crippen LogP contribution in [0.2, 0.25) is 5.02 Å². The third-order valence-electron chi connectivity index (χ3n) is 4.74. The standard InChI is InChI=1S/C23H17ClN4O5S2/c1-33-16-7-9-17(19(11-16)28(31)32)26-21(29)12-34-23-27-18-8-6-15(10-20(18)35-23)25-22(30)13-2-4-14(24)5-3-13/h2-11H,12H2,1H3,(H,25,30)(H,26,29). The summed E-state index contributed by atoms with van der Waals surface area (Å²) >= 11 is 8.45.